The number of ether oxygens (including phenoxy) is 3. The smallest absolute Gasteiger partial charge is 0.221 e. The van der Waals surface area contributed by atoms with E-state index in [9.17, 15) is 4.79 Å². The Hall–Kier alpha value is -3.77. The standard InChI is InChI=1S/C29H32N2O4/c1-31-19-25(23-11-7-8-12-26(23)31)24(18-29(32)30-15-16-33-2)22-13-14-27(34-3)28(17-22)35-20-21-9-5-4-6-10-21/h4-14,17,19,24H,15-16,18,20H2,1-3H3,(H,30,32)/t24-/m0/s1. The summed E-state index contributed by atoms with van der Waals surface area (Å²) in [4.78, 5) is 12.9. The van der Waals surface area contributed by atoms with Crippen molar-refractivity contribution in [3.63, 3.8) is 0 Å². The molecule has 1 atom stereocenters. The van der Waals surface area contributed by atoms with Crippen molar-refractivity contribution in [3.05, 3.63) is 95.7 Å². The van der Waals surface area contributed by atoms with Crippen molar-refractivity contribution in [1.29, 1.82) is 0 Å². The molecule has 1 heterocycles. The lowest BCUT2D eigenvalue weighted by Crippen LogP contribution is -2.28. The number of methoxy groups -OCH3 is 2. The van der Waals surface area contributed by atoms with Gasteiger partial charge in [-0.05, 0) is 34.9 Å². The van der Waals surface area contributed by atoms with Crippen molar-refractivity contribution in [2.45, 2.75) is 18.9 Å². The predicted molar refractivity (Wildman–Crippen MR) is 138 cm³/mol. The fourth-order valence-electron chi connectivity index (χ4n) is 4.37. The molecule has 0 aliphatic heterocycles. The van der Waals surface area contributed by atoms with E-state index in [4.69, 9.17) is 14.2 Å². The first kappa shape index (κ1) is 24.4. The zero-order valence-electron chi connectivity index (χ0n) is 20.5. The van der Waals surface area contributed by atoms with Gasteiger partial charge in [-0.25, -0.2) is 0 Å². The number of para-hydroxylation sites is 1. The molecule has 35 heavy (non-hydrogen) atoms. The van der Waals surface area contributed by atoms with Crippen LogP contribution in [0.25, 0.3) is 10.9 Å². The average molecular weight is 473 g/mol. The molecule has 0 saturated carbocycles. The molecule has 1 amide bonds. The van der Waals surface area contributed by atoms with Gasteiger partial charge in [-0.1, -0.05) is 54.6 Å². The molecule has 0 unspecified atom stereocenters. The summed E-state index contributed by atoms with van der Waals surface area (Å²) in [6.45, 7) is 1.38. The quantitative estimate of drug-likeness (QED) is 0.310. The molecule has 6 heteroatoms. The average Bonchev–Trinajstić information content (AvgIpc) is 3.23. The number of hydrogen-bond donors (Lipinski definition) is 1. The number of carbonyl (C=O) groups excluding carboxylic acids is 1. The molecule has 0 radical (unpaired) electrons. The van der Waals surface area contributed by atoms with Crippen molar-refractivity contribution < 1.29 is 19.0 Å². The first-order valence-electron chi connectivity index (χ1n) is 11.7. The number of aromatic nitrogens is 1. The van der Waals surface area contributed by atoms with E-state index in [0.717, 1.165) is 27.6 Å². The molecule has 0 spiro atoms. The van der Waals surface area contributed by atoms with Gasteiger partial charge >= 0.3 is 0 Å². The molecular formula is C29H32N2O4. The minimum absolute atomic E-state index is 0.0254. The van der Waals surface area contributed by atoms with Crippen molar-refractivity contribution in [3.8, 4) is 11.5 Å². The van der Waals surface area contributed by atoms with Gasteiger partial charge in [0.05, 0.1) is 13.7 Å². The first-order chi connectivity index (χ1) is 17.1. The van der Waals surface area contributed by atoms with E-state index < -0.39 is 0 Å². The second-order valence-corrected chi connectivity index (χ2v) is 8.50. The summed E-state index contributed by atoms with van der Waals surface area (Å²) >= 11 is 0. The van der Waals surface area contributed by atoms with Crippen molar-refractivity contribution >= 4 is 16.8 Å². The Morgan fingerprint density at radius 3 is 2.51 bits per heavy atom. The molecule has 4 rings (SSSR count). The molecule has 0 bridgehead atoms. The fourth-order valence-corrected chi connectivity index (χ4v) is 4.37. The summed E-state index contributed by atoms with van der Waals surface area (Å²) in [5.41, 5.74) is 4.29. The van der Waals surface area contributed by atoms with Gasteiger partial charge in [-0.3, -0.25) is 4.79 Å². The van der Waals surface area contributed by atoms with Gasteiger partial charge in [0.2, 0.25) is 5.91 Å². The monoisotopic (exact) mass is 472 g/mol. The lowest BCUT2D eigenvalue weighted by molar-refractivity contribution is -0.121. The number of nitrogens with zero attached hydrogens (tertiary/aromatic N) is 1. The second kappa shape index (κ2) is 11.6. The maximum Gasteiger partial charge on any atom is 0.221 e. The molecule has 0 fully saturated rings. The summed E-state index contributed by atoms with van der Waals surface area (Å²) in [6, 6.07) is 24.2. The number of benzene rings is 3. The molecule has 1 aromatic heterocycles. The molecule has 3 aromatic carbocycles. The van der Waals surface area contributed by atoms with Crippen LogP contribution in [0.3, 0.4) is 0 Å². The van der Waals surface area contributed by atoms with Crippen LogP contribution >= 0.6 is 0 Å². The number of aryl methyl sites for hydroxylation is 1. The third-order valence-electron chi connectivity index (χ3n) is 6.15. The summed E-state index contributed by atoms with van der Waals surface area (Å²) in [6.07, 6.45) is 2.43. The van der Waals surface area contributed by atoms with E-state index in [0.29, 0.717) is 37.7 Å². The first-order valence-corrected chi connectivity index (χ1v) is 11.7. The van der Waals surface area contributed by atoms with E-state index in [1.165, 1.54) is 0 Å². The van der Waals surface area contributed by atoms with Gasteiger partial charge in [-0.2, -0.15) is 0 Å². The van der Waals surface area contributed by atoms with Crippen LogP contribution in [-0.4, -0.2) is 37.8 Å². The molecular weight excluding hydrogens is 440 g/mol. The van der Waals surface area contributed by atoms with Crippen LogP contribution in [0.2, 0.25) is 0 Å². The van der Waals surface area contributed by atoms with Crippen LogP contribution in [0, 0.1) is 0 Å². The Morgan fingerprint density at radius 1 is 0.971 bits per heavy atom. The van der Waals surface area contributed by atoms with Crippen molar-refractivity contribution in [2.24, 2.45) is 7.05 Å². The normalized spacial score (nSPS) is 11.9. The maximum absolute atomic E-state index is 12.9. The van der Waals surface area contributed by atoms with Gasteiger partial charge in [0.25, 0.3) is 0 Å². The zero-order chi connectivity index (χ0) is 24.6. The molecule has 0 aliphatic rings. The Labute approximate surface area is 206 Å². The topological polar surface area (TPSA) is 61.7 Å². The highest BCUT2D eigenvalue weighted by Gasteiger charge is 2.23. The number of hydrogen-bond acceptors (Lipinski definition) is 4. The van der Waals surface area contributed by atoms with E-state index in [1.807, 2.05) is 67.7 Å². The SMILES string of the molecule is COCCNC(=O)C[C@@H](c1ccc(OC)c(OCc2ccccc2)c1)c1cn(C)c2ccccc12. The lowest BCUT2D eigenvalue weighted by Gasteiger charge is -2.20. The Bertz CT molecular complexity index is 1270. The van der Waals surface area contributed by atoms with Crippen LogP contribution in [0.5, 0.6) is 11.5 Å². The van der Waals surface area contributed by atoms with Crippen LogP contribution < -0.4 is 14.8 Å². The fraction of sp³-hybridized carbons (Fsp3) is 0.276. The van der Waals surface area contributed by atoms with E-state index in [1.54, 1.807) is 14.2 Å². The summed E-state index contributed by atoms with van der Waals surface area (Å²) in [5.74, 6) is 1.13. The number of fused-ring (bicyclic) bond motifs is 1. The highest BCUT2D eigenvalue weighted by Crippen LogP contribution is 2.38. The highest BCUT2D eigenvalue weighted by atomic mass is 16.5. The molecule has 0 saturated heterocycles. The van der Waals surface area contributed by atoms with Crippen LogP contribution in [0.4, 0.5) is 0 Å². The zero-order valence-corrected chi connectivity index (χ0v) is 20.5. The summed E-state index contributed by atoms with van der Waals surface area (Å²) in [5, 5.41) is 4.10. The molecule has 4 aromatic rings. The number of rotatable bonds is 11. The van der Waals surface area contributed by atoms with Crippen LogP contribution in [0.1, 0.15) is 29.0 Å². The van der Waals surface area contributed by atoms with Gasteiger partial charge in [0, 0.05) is 50.1 Å². The summed E-state index contributed by atoms with van der Waals surface area (Å²) < 4.78 is 18.9. The third kappa shape index (κ3) is 5.84. The van der Waals surface area contributed by atoms with E-state index in [-0.39, 0.29) is 11.8 Å². The predicted octanol–water partition coefficient (Wildman–Crippen LogP) is 5.05. The minimum Gasteiger partial charge on any atom is -0.493 e. The van der Waals surface area contributed by atoms with Crippen molar-refractivity contribution in [1.82, 2.24) is 9.88 Å². The Morgan fingerprint density at radius 2 is 1.74 bits per heavy atom. The minimum atomic E-state index is -0.159. The van der Waals surface area contributed by atoms with Gasteiger partial charge < -0.3 is 24.1 Å². The Balaban J connectivity index is 1.70. The summed E-state index contributed by atoms with van der Waals surface area (Å²) in [7, 11) is 5.29. The highest BCUT2D eigenvalue weighted by molar-refractivity contribution is 5.86. The number of nitrogens with one attached hydrogen (secondary N) is 1. The van der Waals surface area contributed by atoms with Crippen LogP contribution in [-0.2, 0) is 23.2 Å². The number of carbonyl (C=O) groups is 1. The molecule has 1 N–H and O–H groups in total. The van der Waals surface area contributed by atoms with Crippen molar-refractivity contribution in [2.75, 3.05) is 27.4 Å². The van der Waals surface area contributed by atoms with Crippen LogP contribution in [0.15, 0.2) is 79.0 Å². The van der Waals surface area contributed by atoms with E-state index >= 15 is 0 Å². The molecule has 6 nitrogen and oxygen atoms in total. The van der Waals surface area contributed by atoms with Gasteiger partial charge in [0.15, 0.2) is 11.5 Å². The third-order valence-corrected chi connectivity index (χ3v) is 6.15. The Kier molecular flexibility index (Phi) is 8.06. The lowest BCUT2D eigenvalue weighted by atomic mass is 9.87. The molecule has 182 valence electrons. The van der Waals surface area contributed by atoms with Gasteiger partial charge in [-0.15, -0.1) is 0 Å². The van der Waals surface area contributed by atoms with E-state index in [2.05, 4.69) is 28.2 Å². The second-order valence-electron chi connectivity index (χ2n) is 8.50. The number of amides is 1. The molecule has 0 aliphatic carbocycles. The van der Waals surface area contributed by atoms with Gasteiger partial charge in [0.1, 0.15) is 6.61 Å². The maximum atomic E-state index is 12.9. The largest absolute Gasteiger partial charge is 0.493 e.